The lowest BCUT2D eigenvalue weighted by atomic mass is 10.0. The summed E-state index contributed by atoms with van der Waals surface area (Å²) in [6.45, 7) is 5.88. The lowest BCUT2D eigenvalue weighted by Gasteiger charge is -2.07. The van der Waals surface area contributed by atoms with Crippen LogP contribution in [0, 0.1) is 13.8 Å². The topological polar surface area (TPSA) is 59.2 Å². The average Bonchev–Trinajstić information content (AvgIpc) is 2.34. The number of rotatable bonds is 2. The monoisotopic (exact) mass is 245 g/mol. The molecule has 0 spiro atoms. The highest BCUT2D eigenvalue weighted by atomic mass is 16.5. The second-order valence-corrected chi connectivity index (χ2v) is 4.18. The third-order valence-electron chi connectivity index (χ3n) is 3.08. The summed E-state index contributed by atoms with van der Waals surface area (Å²) in [5.41, 5.74) is 2.65. The minimum Gasteiger partial charge on any atom is -0.462 e. The van der Waals surface area contributed by atoms with Crippen molar-refractivity contribution >= 4 is 16.9 Å². The van der Waals surface area contributed by atoms with Crippen molar-refractivity contribution in [2.75, 3.05) is 6.61 Å². The summed E-state index contributed by atoms with van der Waals surface area (Å²) in [6.07, 6.45) is 1.43. The molecule has 0 fully saturated rings. The molecule has 94 valence electrons. The van der Waals surface area contributed by atoms with Crippen LogP contribution in [0.15, 0.2) is 23.1 Å². The second-order valence-electron chi connectivity index (χ2n) is 4.18. The number of nitrogens with one attached hydrogen (secondary N) is 1. The Morgan fingerprint density at radius 2 is 2.06 bits per heavy atom. The van der Waals surface area contributed by atoms with Crippen LogP contribution in [0.25, 0.3) is 10.9 Å². The van der Waals surface area contributed by atoms with Crippen LogP contribution in [-0.4, -0.2) is 17.6 Å². The van der Waals surface area contributed by atoms with Crippen molar-refractivity contribution in [2.24, 2.45) is 0 Å². The SMILES string of the molecule is CCOC(=O)c1c[nH]c2c(C)c(C)ccc2c1=O. The lowest BCUT2D eigenvalue weighted by molar-refractivity contribution is 0.0524. The highest BCUT2D eigenvalue weighted by Gasteiger charge is 2.14. The first-order chi connectivity index (χ1) is 8.56. The molecule has 0 unspecified atom stereocenters. The van der Waals surface area contributed by atoms with E-state index in [4.69, 9.17) is 4.74 Å². The van der Waals surface area contributed by atoms with Crippen LogP contribution in [0.4, 0.5) is 0 Å². The number of fused-ring (bicyclic) bond motifs is 1. The van der Waals surface area contributed by atoms with E-state index >= 15 is 0 Å². The van der Waals surface area contributed by atoms with Gasteiger partial charge in [-0.1, -0.05) is 6.07 Å². The minimum absolute atomic E-state index is 0.0487. The molecule has 2 rings (SSSR count). The van der Waals surface area contributed by atoms with Gasteiger partial charge in [0, 0.05) is 11.6 Å². The van der Waals surface area contributed by atoms with E-state index in [1.165, 1.54) is 6.20 Å². The lowest BCUT2D eigenvalue weighted by Crippen LogP contribution is -2.18. The summed E-state index contributed by atoms with van der Waals surface area (Å²) in [7, 11) is 0. The van der Waals surface area contributed by atoms with Gasteiger partial charge >= 0.3 is 5.97 Å². The fourth-order valence-electron chi connectivity index (χ4n) is 1.91. The summed E-state index contributed by atoms with van der Waals surface area (Å²) in [5.74, 6) is -0.584. The van der Waals surface area contributed by atoms with E-state index in [2.05, 4.69) is 4.98 Å². The van der Waals surface area contributed by atoms with Crippen molar-refractivity contribution in [1.29, 1.82) is 0 Å². The molecule has 1 aromatic heterocycles. The number of carbonyl (C=O) groups excluding carboxylic acids is 1. The van der Waals surface area contributed by atoms with Gasteiger partial charge < -0.3 is 9.72 Å². The molecule has 1 heterocycles. The Morgan fingerprint density at radius 1 is 1.33 bits per heavy atom. The van der Waals surface area contributed by atoms with Crippen LogP contribution in [-0.2, 0) is 4.74 Å². The number of benzene rings is 1. The number of hydrogen-bond acceptors (Lipinski definition) is 3. The number of aromatic nitrogens is 1. The van der Waals surface area contributed by atoms with Crippen molar-refractivity contribution in [3.8, 4) is 0 Å². The molecule has 4 nitrogen and oxygen atoms in total. The zero-order valence-electron chi connectivity index (χ0n) is 10.7. The third kappa shape index (κ3) is 1.90. The third-order valence-corrected chi connectivity index (χ3v) is 3.08. The molecule has 0 saturated carbocycles. The normalized spacial score (nSPS) is 10.6. The number of ether oxygens (including phenoxy) is 1. The molecule has 1 N–H and O–H groups in total. The molecule has 0 atom stereocenters. The molecule has 2 aromatic rings. The van der Waals surface area contributed by atoms with Gasteiger partial charge in [0.1, 0.15) is 5.56 Å². The molecule has 0 saturated heterocycles. The van der Waals surface area contributed by atoms with Crippen LogP contribution in [0.1, 0.15) is 28.4 Å². The first kappa shape index (κ1) is 12.4. The van der Waals surface area contributed by atoms with Gasteiger partial charge in [0.2, 0.25) is 5.43 Å². The molecule has 4 heteroatoms. The van der Waals surface area contributed by atoms with E-state index in [9.17, 15) is 9.59 Å². The molecule has 0 bridgehead atoms. The summed E-state index contributed by atoms with van der Waals surface area (Å²) >= 11 is 0. The number of hydrogen-bond donors (Lipinski definition) is 1. The van der Waals surface area contributed by atoms with Crippen LogP contribution < -0.4 is 5.43 Å². The van der Waals surface area contributed by atoms with Gasteiger partial charge in [-0.15, -0.1) is 0 Å². The summed E-state index contributed by atoms with van der Waals surface area (Å²) < 4.78 is 4.85. The average molecular weight is 245 g/mol. The smallest absolute Gasteiger partial charge is 0.343 e. The molecule has 18 heavy (non-hydrogen) atoms. The quantitative estimate of drug-likeness (QED) is 0.826. The standard InChI is InChI=1S/C14H15NO3/c1-4-18-14(17)11-7-15-12-9(3)8(2)5-6-10(12)13(11)16/h5-7H,4H2,1-3H3,(H,15,16). The predicted molar refractivity (Wildman–Crippen MR) is 70.0 cm³/mol. The molecular weight excluding hydrogens is 230 g/mol. The fourth-order valence-corrected chi connectivity index (χ4v) is 1.91. The summed E-state index contributed by atoms with van der Waals surface area (Å²) in [6, 6.07) is 3.61. The number of H-pyrrole nitrogens is 1. The first-order valence-corrected chi connectivity index (χ1v) is 5.85. The number of aryl methyl sites for hydroxylation is 2. The van der Waals surface area contributed by atoms with Gasteiger partial charge in [-0.05, 0) is 38.0 Å². The molecule has 0 aliphatic carbocycles. The van der Waals surface area contributed by atoms with Crippen LogP contribution in [0.5, 0.6) is 0 Å². The Bertz CT molecular complexity index is 671. The fraction of sp³-hybridized carbons (Fsp3) is 0.286. The van der Waals surface area contributed by atoms with Crippen molar-refractivity contribution in [2.45, 2.75) is 20.8 Å². The Morgan fingerprint density at radius 3 is 2.72 bits per heavy atom. The molecule has 1 aromatic carbocycles. The molecule has 0 aliphatic rings. The van der Waals surface area contributed by atoms with E-state index in [1.54, 1.807) is 13.0 Å². The zero-order chi connectivity index (χ0) is 13.3. The van der Waals surface area contributed by atoms with Crippen LogP contribution >= 0.6 is 0 Å². The van der Waals surface area contributed by atoms with E-state index in [1.807, 2.05) is 19.9 Å². The maximum atomic E-state index is 12.2. The number of pyridine rings is 1. The number of aromatic amines is 1. The van der Waals surface area contributed by atoms with Crippen molar-refractivity contribution < 1.29 is 9.53 Å². The minimum atomic E-state index is -0.584. The highest BCUT2D eigenvalue weighted by Crippen LogP contribution is 2.17. The van der Waals surface area contributed by atoms with E-state index in [0.717, 1.165) is 16.6 Å². The van der Waals surface area contributed by atoms with Gasteiger partial charge in [0.05, 0.1) is 12.1 Å². The molecule has 0 aliphatic heterocycles. The Kier molecular flexibility index (Phi) is 3.19. The van der Waals surface area contributed by atoms with E-state index in [0.29, 0.717) is 5.39 Å². The molecular formula is C14H15NO3. The largest absolute Gasteiger partial charge is 0.462 e. The maximum Gasteiger partial charge on any atom is 0.343 e. The summed E-state index contributed by atoms with van der Waals surface area (Å²) in [4.78, 5) is 26.8. The van der Waals surface area contributed by atoms with Crippen molar-refractivity contribution in [1.82, 2.24) is 4.98 Å². The summed E-state index contributed by atoms with van der Waals surface area (Å²) in [5, 5.41) is 0.517. The van der Waals surface area contributed by atoms with Crippen molar-refractivity contribution in [3.05, 3.63) is 45.2 Å². The van der Waals surface area contributed by atoms with Gasteiger partial charge in [-0.25, -0.2) is 4.79 Å². The Balaban J connectivity index is 2.70. The van der Waals surface area contributed by atoms with Gasteiger partial charge in [-0.2, -0.15) is 0 Å². The van der Waals surface area contributed by atoms with Gasteiger partial charge in [-0.3, -0.25) is 4.79 Å². The highest BCUT2D eigenvalue weighted by molar-refractivity contribution is 5.94. The zero-order valence-corrected chi connectivity index (χ0v) is 10.7. The van der Waals surface area contributed by atoms with Crippen LogP contribution in [0.2, 0.25) is 0 Å². The Hall–Kier alpha value is -2.10. The maximum absolute atomic E-state index is 12.2. The van der Waals surface area contributed by atoms with Crippen molar-refractivity contribution in [3.63, 3.8) is 0 Å². The van der Waals surface area contributed by atoms with Gasteiger partial charge in [0.25, 0.3) is 0 Å². The van der Waals surface area contributed by atoms with Gasteiger partial charge in [0.15, 0.2) is 0 Å². The molecule has 0 radical (unpaired) electrons. The number of esters is 1. The predicted octanol–water partition coefficient (Wildman–Crippen LogP) is 2.32. The van der Waals surface area contributed by atoms with Crippen LogP contribution in [0.3, 0.4) is 0 Å². The Labute approximate surface area is 105 Å². The first-order valence-electron chi connectivity index (χ1n) is 5.85. The number of carbonyl (C=O) groups is 1. The van der Waals surface area contributed by atoms with E-state index in [-0.39, 0.29) is 17.6 Å². The molecule has 0 amide bonds. The van der Waals surface area contributed by atoms with E-state index < -0.39 is 5.97 Å². The second kappa shape index (κ2) is 4.64.